The fourth-order valence-corrected chi connectivity index (χ4v) is 3.82. The van der Waals surface area contributed by atoms with Gasteiger partial charge in [-0.3, -0.25) is 4.79 Å². The van der Waals surface area contributed by atoms with Crippen molar-refractivity contribution in [2.24, 2.45) is 0 Å². The number of amides is 1. The average Bonchev–Trinajstić information content (AvgIpc) is 2.58. The SMILES string of the molecule is CN(CCO)S(=O)(=O)c1ccc(Cl)c(C(=O)Nc2ccc(F)c(Br)c2)c1. The van der Waals surface area contributed by atoms with Crippen LogP contribution in [0.3, 0.4) is 0 Å². The Morgan fingerprint density at radius 2 is 2.00 bits per heavy atom. The van der Waals surface area contributed by atoms with E-state index in [-0.39, 0.29) is 33.1 Å². The summed E-state index contributed by atoms with van der Waals surface area (Å²) in [5.41, 5.74) is 0.260. The molecule has 2 aromatic rings. The third-order valence-electron chi connectivity index (χ3n) is 3.48. The van der Waals surface area contributed by atoms with Crippen LogP contribution in [-0.2, 0) is 10.0 Å². The van der Waals surface area contributed by atoms with Gasteiger partial charge in [-0.1, -0.05) is 11.6 Å². The minimum Gasteiger partial charge on any atom is -0.395 e. The minimum atomic E-state index is -3.88. The maximum absolute atomic E-state index is 13.3. The van der Waals surface area contributed by atoms with Crippen LogP contribution in [0.25, 0.3) is 0 Å². The third kappa shape index (κ3) is 4.60. The summed E-state index contributed by atoms with van der Waals surface area (Å²) in [6, 6.07) is 7.64. The molecule has 0 saturated carbocycles. The largest absolute Gasteiger partial charge is 0.395 e. The Labute approximate surface area is 163 Å². The summed E-state index contributed by atoms with van der Waals surface area (Å²) < 4.78 is 39.3. The summed E-state index contributed by atoms with van der Waals surface area (Å²) in [5, 5.41) is 11.5. The molecular weight excluding hydrogens is 451 g/mol. The Morgan fingerprint density at radius 1 is 1.31 bits per heavy atom. The Balaban J connectivity index is 2.34. The van der Waals surface area contributed by atoms with Gasteiger partial charge in [-0.2, -0.15) is 4.31 Å². The fraction of sp³-hybridized carbons (Fsp3) is 0.188. The van der Waals surface area contributed by atoms with Gasteiger partial charge in [0.1, 0.15) is 5.82 Å². The molecule has 0 unspecified atom stereocenters. The first kappa shape index (κ1) is 20.8. The van der Waals surface area contributed by atoms with E-state index in [0.717, 1.165) is 10.4 Å². The van der Waals surface area contributed by atoms with Gasteiger partial charge in [0.05, 0.1) is 26.6 Å². The molecule has 26 heavy (non-hydrogen) atoms. The van der Waals surface area contributed by atoms with Crippen molar-refractivity contribution in [3.63, 3.8) is 0 Å². The van der Waals surface area contributed by atoms with Gasteiger partial charge in [0.25, 0.3) is 5.91 Å². The van der Waals surface area contributed by atoms with E-state index in [0.29, 0.717) is 5.69 Å². The summed E-state index contributed by atoms with van der Waals surface area (Å²) in [7, 11) is -2.57. The first-order valence-electron chi connectivity index (χ1n) is 7.30. The molecule has 0 aromatic heterocycles. The van der Waals surface area contributed by atoms with Crippen LogP contribution >= 0.6 is 27.5 Å². The highest BCUT2D eigenvalue weighted by Crippen LogP contribution is 2.25. The Hall–Kier alpha value is -1.52. The molecule has 10 heteroatoms. The number of aliphatic hydroxyl groups is 1. The highest BCUT2D eigenvalue weighted by molar-refractivity contribution is 9.10. The molecule has 0 aliphatic rings. The lowest BCUT2D eigenvalue weighted by Gasteiger charge is -2.17. The van der Waals surface area contributed by atoms with Crippen molar-refractivity contribution in [2.75, 3.05) is 25.5 Å². The summed E-state index contributed by atoms with van der Waals surface area (Å²) in [6.07, 6.45) is 0. The lowest BCUT2D eigenvalue weighted by atomic mass is 10.2. The first-order valence-corrected chi connectivity index (χ1v) is 9.91. The molecule has 6 nitrogen and oxygen atoms in total. The number of carbonyl (C=O) groups is 1. The quantitative estimate of drug-likeness (QED) is 0.686. The Bertz CT molecular complexity index is 940. The highest BCUT2D eigenvalue weighted by Gasteiger charge is 2.23. The van der Waals surface area contributed by atoms with E-state index in [9.17, 15) is 17.6 Å². The van der Waals surface area contributed by atoms with Crippen LogP contribution in [0, 0.1) is 5.82 Å². The molecular formula is C16H15BrClFN2O4S. The van der Waals surface area contributed by atoms with Crippen molar-refractivity contribution in [2.45, 2.75) is 4.90 Å². The van der Waals surface area contributed by atoms with Crippen molar-refractivity contribution >= 4 is 49.1 Å². The summed E-state index contributed by atoms with van der Waals surface area (Å²) >= 11 is 9.04. The van der Waals surface area contributed by atoms with Crippen molar-refractivity contribution in [1.82, 2.24) is 4.31 Å². The number of rotatable bonds is 6. The second-order valence-electron chi connectivity index (χ2n) is 5.27. The monoisotopic (exact) mass is 464 g/mol. The number of aliphatic hydroxyl groups excluding tert-OH is 1. The first-order chi connectivity index (χ1) is 12.2. The Kier molecular flexibility index (Phi) is 6.75. The zero-order valence-electron chi connectivity index (χ0n) is 13.5. The summed E-state index contributed by atoms with van der Waals surface area (Å²) in [6.45, 7) is -0.424. The number of nitrogens with zero attached hydrogens (tertiary/aromatic N) is 1. The van der Waals surface area contributed by atoms with Gasteiger partial charge in [0.2, 0.25) is 10.0 Å². The van der Waals surface area contributed by atoms with Gasteiger partial charge < -0.3 is 10.4 Å². The van der Waals surface area contributed by atoms with Crippen LogP contribution in [0.15, 0.2) is 45.8 Å². The van der Waals surface area contributed by atoms with E-state index >= 15 is 0 Å². The second-order valence-corrected chi connectivity index (χ2v) is 8.58. The second kappa shape index (κ2) is 8.45. The predicted molar refractivity (Wildman–Crippen MR) is 100 cm³/mol. The standard InChI is InChI=1S/C16H15BrClFN2O4S/c1-21(6-7-22)26(24,25)11-3-4-14(18)12(9-11)16(23)20-10-2-5-15(19)13(17)8-10/h2-5,8-9,22H,6-7H2,1H3,(H,20,23). The van der Waals surface area contributed by atoms with Gasteiger partial charge in [0.15, 0.2) is 0 Å². The van der Waals surface area contributed by atoms with E-state index in [1.165, 1.54) is 37.4 Å². The molecule has 2 N–H and O–H groups in total. The number of hydrogen-bond donors (Lipinski definition) is 2. The van der Waals surface area contributed by atoms with Crippen LogP contribution in [-0.4, -0.2) is 43.9 Å². The fourth-order valence-electron chi connectivity index (χ4n) is 2.05. The topological polar surface area (TPSA) is 86.7 Å². The normalized spacial score (nSPS) is 11.6. The molecule has 0 heterocycles. The molecule has 2 rings (SSSR count). The predicted octanol–water partition coefficient (Wildman–Crippen LogP) is 3.11. The minimum absolute atomic E-state index is 0.0504. The molecule has 1 amide bonds. The lowest BCUT2D eigenvalue weighted by molar-refractivity contribution is 0.102. The number of halogens is 3. The Morgan fingerprint density at radius 3 is 2.62 bits per heavy atom. The molecule has 0 radical (unpaired) electrons. The van der Waals surface area contributed by atoms with Gasteiger partial charge >= 0.3 is 0 Å². The van der Waals surface area contributed by atoms with Gasteiger partial charge in [-0.15, -0.1) is 0 Å². The zero-order valence-corrected chi connectivity index (χ0v) is 16.7. The average molecular weight is 466 g/mol. The number of sulfonamides is 1. The molecule has 2 aromatic carbocycles. The molecule has 0 spiro atoms. The van der Waals surface area contributed by atoms with E-state index in [2.05, 4.69) is 21.2 Å². The zero-order chi connectivity index (χ0) is 19.5. The van der Waals surface area contributed by atoms with Crippen molar-refractivity contribution in [3.05, 3.63) is 57.3 Å². The molecule has 140 valence electrons. The van der Waals surface area contributed by atoms with Crippen LogP contribution in [0.1, 0.15) is 10.4 Å². The van der Waals surface area contributed by atoms with Crippen LogP contribution in [0.2, 0.25) is 5.02 Å². The van der Waals surface area contributed by atoms with Gasteiger partial charge in [-0.05, 0) is 52.3 Å². The third-order valence-corrected chi connectivity index (χ3v) is 6.27. The van der Waals surface area contributed by atoms with Gasteiger partial charge in [-0.25, -0.2) is 12.8 Å². The number of anilines is 1. The number of hydrogen-bond acceptors (Lipinski definition) is 4. The molecule has 0 atom stereocenters. The van der Waals surface area contributed by atoms with Crippen molar-refractivity contribution in [3.8, 4) is 0 Å². The maximum atomic E-state index is 13.3. The van der Waals surface area contributed by atoms with Crippen LogP contribution in [0.4, 0.5) is 10.1 Å². The summed E-state index contributed by atoms with van der Waals surface area (Å²) in [5.74, 6) is -1.13. The van der Waals surface area contributed by atoms with E-state index in [1.54, 1.807) is 0 Å². The maximum Gasteiger partial charge on any atom is 0.257 e. The number of nitrogens with one attached hydrogen (secondary N) is 1. The van der Waals surface area contributed by atoms with Crippen molar-refractivity contribution < 1.29 is 22.7 Å². The summed E-state index contributed by atoms with van der Waals surface area (Å²) in [4.78, 5) is 12.3. The molecule has 0 aliphatic carbocycles. The number of carbonyl (C=O) groups excluding carboxylic acids is 1. The smallest absolute Gasteiger partial charge is 0.257 e. The lowest BCUT2D eigenvalue weighted by Crippen LogP contribution is -2.29. The van der Waals surface area contributed by atoms with E-state index in [4.69, 9.17) is 16.7 Å². The number of benzene rings is 2. The molecule has 0 fully saturated rings. The van der Waals surface area contributed by atoms with E-state index in [1.807, 2.05) is 0 Å². The number of likely N-dealkylation sites (N-methyl/N-ethyl adjacent to an activating group) is 1. The van der Waals surface area contributed by atoms with Crippen LogP contribution < -0.4 is 5.32 Å². The van der Waals surface area contributed by atoms with Gasteiger partial charge in [0, 0.05) is 19.3 Å². The molecule has 0 aliphatic heterocycles. The molecule has 0 saturated heterocycles. The van der Waals surface area contributed by atoms with Crippen molar-refractivity contribution in [1.29, 1.82) is 0 Å². The van der Waals surface area contributed by atoms with Crippen LogP contribution in [0.5, 0.6) is 0 Å². The van der Waals surface area contributed by atoms with E-state index < -0.39 is 21.7 Å². The molecule has 0 bridgehead atoms. The highest BCUT2D eigenvalue weighted by atomic mass is 79.9.